The molecule has 2 fully saturated rings. The van der Waals surface area contributed by atoms with Gasteiger partial charge in [-0.25, -0.2) is 13.1 Å². The molecule has 3 atom stereocenters. The van der Waals surface area contributed by atoms with E-state index in [-0.39, 0.29) is 35.6 Å². The molecule has 0 saturated carbocycles. The Hall–Kier alpha value is -1.48. The van der Waals surface area contributed by atoms with Gasteiger partial charge in [0.25, 0.3) is 0 Å². The van der Waals surface area contributed by atoms with Crippen LogP contribution >= 0.6 is 0 Å². The molecule has 26 heavy (non-hydrogen) atoms. The fourth-order valence-corrected chi connectivity index (χ4v) is 4.53. The van der Waals surface area contributed by atoms with E-state index in [1.165, 1.54) is 0 Å². The number of fused-ring (bicyclic) bond motifs is 1. The van der Waals surface area contributed by atoms with Crippen molar-refractivity contribution in [2.24, 2.45) is 0 Å². The Bertz CT molecular complexity index is 748. The van der Waals surface area contributed by atoms with Crippen LogP contribution in [0.3, 0.4) is 0 Å². The monoisotopic (exact) mass is 381 g/mol. The van der Waals surface area contributed by atoms with E-state index in [4.69, 9.17) is 4.74 Å². The third-order valence-electron chi connectivity index (χ3n) is 4.96. The standard InChI is InChI=1S/C18H27N3O4S/c1-13-4-7-15(8-5-13)26(23,24)19-10-14-6-9-16-17(25-14)11-21(16)18(22)12-20(2)3/h4-5,7-8,14,16-17,19H,6,9-12H2,1-3H3/t14-,16-,17-/m1/s1. The van der Waals surface area contributed by atoms with Crippen molar-refractivity contribution in [3.63, 3.8) is 0 Å². The molecule has 3 rings (SSSR count). The highest BCUT2D eigenvalue weighted by molar-refractivity contribution is 7.89. The minimum atomic E-state index is -3.53. The van der Waals surface area contributed by atoms with Gasteiger partial charge in [-0.3, -0.25) is 4.79 Å². The maximum atomic E-state index is 12.4. The third-order valence-corrected chi connectivity index (χ3v) is 6.40. The number of nitrogens with one attached hydrogen (secondary N) is 1. The van der Waals surface area contributed by atoms with Gasteiger partial charge in [-0.1, -0.05) is 17.7 Å². The number of carbonyl (C=O) groups is 1. The second kappa shape index (κ2) is 7.64. The molecule has 2 aliphatic rings. The molecule has 2 heterocycles. The van der Waals surface area contributed by atoms with Crippen LogP contribution in [0, 0.1) is 6.92 Å². The minimum Gasteiger partial charge on any atom is -0.370 e. The van der Waals surface area contributed by atoms with E-state index in [9.17, 15) is 13.2 Å². The van der Waals surface area contributed by atoms with Crippen molar-refractivity contribution in [3.05, 3.63) is 29.8 Å². The number of sulfonamides is 1. The summed E-state index contributed by atoms with van der Waals surface area (Å²) in [5.41, 5.74) is 1.02. The van der Waals surface area contributed by atoms with Crippen molar-refractivity contribution in [1.82, 2.24) is 14.5 Å². The van der Waals surface area contributed by atoms with E-state index in [1.807, 2.05) is 30.8 Å². The maximum Gasteiger partial charge on any atom is 0.240 e. The fourth-order valence-electron chi connectivity index (χ4n) is 3.46. The van der Waals surface area contributed by atoms with Crippen molar-refractivity contribution in [2.75, 3.05) is 33.7 Å². The van der Waals surface area contributed by atoms with Crippen LogP contribution in [0.2, 0.25) is 0 Å². The van der Waals surface area contributed by atoms with Crippen LogP contribution in [0.25, 0.3) is 0 Å². The van der Waals surface area contributed by atoms with E-state index < -0.39 is 10.0 Å². The van der Waals surface area contributed by atoms with E-state index in [0.717, 1.165) is 18.4 Å². The van der Waals surface area contributed by atoms with Gasteiger partial charge in [0.1, 0.15) is 0 Å². The van der Waals surface area contributed by atoms with Crippen LogP contribution in [0.5, 0.6) is 0 Å². The summed E-state index contributed by atoms with van der Waals surface area (Å²) in [5.74, 6) is 0.123. The zero-order chi connectivity index (χ0) is 18.9. The van der Waals surface area contributed by atoms with Gasteiger partial charge in [0, 0.05) is 13.1 Å². The Morgan fingerprint density at radius 3 is 2.58 bits per heavy atom. The van der Waals surface area contributed by atoms with Gasteiger partial charge in [-0.05, 0) is 46.0 Å². The molecule has 1 N–H and O–H groups in total. The first-order valence-electron chi connectivity index (χ1n) is 8.92. The van der Waals surface area contributed by atoms with Crippen LogP contribution in [-0.4, -0.2) is 76.1 Å². The molecule has 0 radical (unpaired) electrons. The van der Waals surface area contributed by atoms with Gasteiger partial charge in [-0.2, -0.15) is 0 Å². The molecule has 1 aromatic rings. The number of rotatable bonds is 6. The Morgan fingerprint density at radius 2 is 1.96 bits per heavy atom. The van der Waals surface area contributed by atoms with E-state index in [0.29, 0.717) is 13.1 Å². The number of likely N-dealkylation sites (tertiary alicyclic amines) is 1. The highest BCUT2D eigenvalue weighted by atomic mass is 32.2. The number of carbonyl (C=O) groups excluding carboxylic acids is 1. The molecule has 1 amide bonds. The molecule has 8 heteroatoms. The largest absolute Gasteiger partial charge is 0.370 e. The predicted molar refractivity (Wildman–Crippen MR) is 98.3 cm³/mol. The lowest BCUT2D eigenvalue weighted by Crippen LogP contribution is -2.67. The number of hydrogen-bond acceptors (Lipinski definition) is 5. The average Bonchev–Trinajstić information content (AvgIpc) is 2.54. The molecule has 144 valence electrons. The lowest BCUT2D eigenvalue weighted by atomic mass is 9.89. The molecule has 2 aliphatic heterocycles. The summed E-state index contributed by atoms with van der Waals surface area (Å²) in [6, 6.07) is 6.91. The second-order valence-electron chi connectivity index (χ2n) is 7.39. The number of nitrogens with zero attached hydrogens (tertiary/aromatic N) is 2. The molecular formula is C18H27N3O4S. The molecule has 7 nitrogen and oxygen atoms in total. The SMILES string of the molecule is Cc1ccc(S(=O)(=O)NC[C@H]2CC[C@@H]3[C@@H](CN3C(=O)CN(C)C)O2)cc1. The van der Waals surface area contributed by atoms with E-state index >= 15 is 0 Å². The van der Waals surface area contributed by atoms with Crippen molar-refractivity contribution in [1.29, 1.82) is 0 Å². The first-order valence-corrected chi connectivity index (χ1v) is 10.4. The lowest BCUT2D eigenvalue weighted by molar-refractivity contribution is -0.181. The fraction of sp³-hybridized carbons (Fsp3) is 0.611. The van der Waals surface area contributed by atoms with E-state index in [2.05, 4.69) is 4.72 Å². The van der Waals surface area contributed by atoms with Crippen molar-refractivity contribution in [3.8, 4) is 0 Å². The molecule has 0 aliphatic carbocycles. The second-order valence-corrected chi connectivity index (χ2v) is 9.16. The summed E-state index contributed by atoms with van der Waals surface area (Å²) >= 11 is 0. The zero-order valence-electron chi connectivity index (χ0n) is 15.5. The van der Waals surface area contributed by atoms with Crippen molar-refractivity contribution in [2.45, 2.75) is 42.9 Å². The molecule has 0 spiro atoms. The molecule has 2 saturated heterocycles. The molecule has 0 unspecified atom stereocenters. The summed E-state index contributed by atoms with van der Waals surface area (Å²) in [7, 11) is 0.228. The zero-order valence-corrected chi connectivity index (χ0v) is 16.3. The molecule has 0 aromatic heterocycles. The van der Waals surface area contributed by atoms with Gasteiger partial charge in [0.2, 0.25) is 15.9 Å². The van der Waals surface area contributed by atoms with Gasteiger partial charge in [0.15, 0.2) is 0 Å². The number of likely N-dealkylation sites (N-methyl/N-ethyl adjacent to an activating group) is 1. The van der Waals surface area contributed by atoms with Gasteiger partial charge in [-0.15, -0.1) is 0 Å². The van der Waals surface area contributed by atoms with Crippen LogP contribution in [0.1, 0.15) is 18.4 Å². The normalized spacial score (nSPS) is 25.7. The van der Waals surface area contributed by atoms with Crippen molar-refractivity contribution >= 4 is 15.9 Å². The number of ether oxygens (including phenoxy) is 1. The third kappa shape index (κ3) is 4.25. The minimum absolute atomic E-state index is 0.0174. The topological polar surface area (TPSA) is 79.0 Å². The highest BCUT2D eigenvalue weighted by Crippen LogP contribution is 2.32. The van der Waals surface area contributed by atoms with Gasteiger partial charge in [0.05, 0.1) is 29.7 Å². The summed E-state index contributed by atoms with van der Waals surface area (Å²) < 4.78 is 33.4. The van der Waals surface area contributed by atoms with Crippen molar-refractivity contribution < 1.29 is 17.9 Å². The van der Waals surface area contributed by atoms with Gasteiger partial charge >= 0.3 is 0 Å². The summed E-state index contributed by atoms with van der Waals surface area (Å²) in [6.07, 6.45) is 1.45. The van der Waals surface area contributed by atoms with Gasteiger partial charge < -0.3 is 14.5 Å². The quantitative estimate of drug-likeness (QED) is 0.780. The number of amides is 1. The van der Waals surface area contributed by atoms with Crippen LogP contribution in [0.15, 0.2) is 29.2 Å². The summed E-state index contributed by atoms with van der Waals surface area (Å²) in [6.45, 7) is 3.17. The highest BCUT2D eigenvalue weighted by Gasteiger charge is 2.46. The Morgan fingerprint density at radius 1 is 1.27 bits per heavy atom. The Balaban J connectivity index is 1.49. The molecular weight excluding hydrogens is 354 g/mol. The Kier molecular flexibility index (Phi) is 5.67. The molecule has 0 bridgehead atoms. The van der Waals surface area contributed by atoms with Crippen LogP contribution in [0.4, 0.5) is 0 Å². The number of hydrogen-bond donors (Lipinski definition) is 1. The number of benzene rings is 1. The lowest BCUT2D eigenvalue weighted by Gasteiger charge is -2.52. The predicted octanol–water partition coefficient (Wildman–Crippen LogP) is 0.593. The first kappa shape index (κ1) is 19.3. The van der Waals surface area contributed by atoms with Crippen LogP contribution < -0.4 is 4.72 Å². The summed E-state index contributed by atoms with van der Waals surface area (Å²) in [5, 5.41) is 0. The number of aryl methyl sites for hydroxylation is 1. The molecule has 1 aromatic carbocycles. The summed E-state index contributed by atoms with van der Waals surface area (Å²) in [4.78, 5) is 16.1. The first-order chi connectivity index (χ1) is 12.3. The van der Waals surface area contributed by atoms with E-state index in [1.54, 1.807) is 24.3 Å². The Labute approximate surface area is 155 Å². The maximum absolute atomic E-state index is 12.4. The average molecular weight is 381 g/mol. The smallest absolute Gasteiger partial charge is 0.240 e. The van der Waals surface area contributed by atoms with Crippen LogP contribution in [-0.2, 0) is 19.6 Å².